The summed E-state index contributed by atoms with van der Waals surface area (Å²) in [6.07, 6.45) is 1.85. The Hall–Kier alpha value is -2.59. The summed E-state index contributed by atoms with van der Waals surface area (Å²) in [4.78, 5) is 15.4. The molecule has 0 aliphatic rings. The van der Waals surface area contributed by atoms with Gasteiger partial charge >= 0.3 is 0 Å². The lowest BCUT2D eigenvalue weighted by molar-refractivity contribution is 0.102. The molecule has 0 aliphatic heterocycles. The average molecular weight is 280 g/mol. The maximum Gasteiger partial charge on any atom is 0.255 e. The molecule has 4 heteroatoms. The van der Waals surface area contributed by atoms with Crippen molar-refractivity contribution in [2.75, 3.05) is 5.32 Å². The molecule has 4 nitrogen and oxygen atoms in total. The molecule has 0 aliphatic carbocycles. The van der Waals surface area contributed by atoms with Crippen molar-refractivity contribution in [3.8, 4) is 0 Å². The van der Waals surface area contributed by atoms with Gasteiger partial charge in [-0.1, -0.05) is 18.2 Å². The molecule has 3 rings (SSSR count). The Labute approximate surface area is 122 Å². The number of fused-ring (bicyclic) bond motifs is 1. The monoisotopic (exact) mass is 280 g/mol. The van der Waals surface area contributed by atoms with E-state index in [2.05, 4.69) is 10.3 Å². The molecule has 2 aromatic carbocycles. The van der Waals surface area contributed by atoms with Gasteiger partial charge in [0, 0.05) is 23.0 Å². The molecule has 0 atom stereocenters. The lowest BCUT2D eigenvalue weighted by Gasteiger charge is -2.10. The van der Waals surface area contributed by atoms with E-state index in [1.807, 2.05) is 43.5 Å². The molecule has 1 heterocycles. The van der Waals surface area contributed by atoms with Gasteiger partial charge in [0.15, 0.2) is 0 Å². The predicted octanol–water partition coefficient (Wildman–Crippen LogP) is 3.22. The molecule has 21 heavy (non-hydrogen) atoms. The summed E-state index contributed by atoms with van der Waals surface area (Å²) in [5.74, 6) is -0.162. The van der Waals surface area contributed by atoms with Crippen molar-refractivity contribution in [3.05, 3.63) is 65.4 Å². The van der Waals surface area contributed by atoms with E-state index in [0.717, 1.165) is 27.7 Å². The highest BCUT2D eigenvalue weighted by molar-refractivity contribution is 6.06. The van der Waals surface area contributed by atoms with Crippen LogP contribution in [0.4, 0.5) is 5.69 Å². The number of aryl methyl sites for hydroxylation is 1. The van der Waals surface area contributed by atoms with Gasteiger partial charge in [0.25, 0.3) is 5.91 Å². The third kappa shape index (κ3) is 2.66. The van der Waals surface area contributed by atoms with Crippen molar-refractivity contribution >= 4 is 22.5 Å². The number of H-pyrrole nitrogens is 1. The number of rotatable bonds is 3. The number of amides is 1. The lowest BCUT2D eigenvalue weighted by atomic mass is 10.1. The van der Waals surface area contributed by atoms with E-state index in [4.69, 9.17) is 0 Å². The lowest BCUT2D eigenvalue weighted by Crippen LogP contribution is -2.13. The second kappa shape index (κ2) is 5.42. The molecule has 106 valence electrons. The van der Waals surface area contributed by atoms with Crippen molar-refractivity contribution in [2.45, 2.75) is 13.5 Å². The van der Waals surface area contributed by atoms with E-state index >= 15 is 0 Å². The SMILES string of the molecule is Cc1ccc(CO)cc1NC(=O)c1ccc2cc[nH]c2c1. The largest absolute Gasteiger partial charge is 0.392 e. The van der Waals surface area contributed by atoms with Crippen LogP contribution in [0.5, 0.6) is 0 Å². The molecule has 3 N–H and O–H groups in total. The summed E-state index contributed by atoms with van der Waals surface area (Å²) in [5, 5.41) is 13.2. The number of carbonyl (C=O) groups excluding carboxylic acids is 1. The number of nitrogens with one attached hydrogen (secondary N) is 2. The maximum atomic E-state index is 12.3. The van der Waals surface area contributed by atoms with Gasteiger partial charge in [-0.15, -0.1) is 0 Å². The number of hydrogen-bond donors (Lipinski definition) is 3. The minimum Gasteiger partial charge on any atom is -0.392 e. The molecule has 0 saturated heterocycles. The summed E-state index contributed by atoms with van der Waals surface area (Å²) in [5.41, 5.74) is 3.98. The highest BCUT2D eigenvalue weighted by Gasteiger charge is 2.09. The Balaban J connectivity index is 1.88. The molecule has 0 bridgehead atoms. The first-order chi connectivity index (χ1) is 10.2. The Morgan fingerprint density at radius 2 is 2.05 bits per heavy atom. The van der Waals surface area contributed by atoms with Crippen LogP contribution >= 0.6 is 0 Å². The van der Waals surface area contributed by atoms with Gasteiger partial charge in [0.2, 0.25) is 0 Å². The van der Waals surface area contributed by atoms with E-state index in [1.165, 1.54) is 0 Å². The molecule has 0 saturated carbocycles. The van der Waals surface area contributed by atoms with Crippen LogP contribution in [0.2, 0.25) is 0 Å². The summed E-state index contributed by atoms with van der Waals surface area (Å²) in [7, 11) is 0. The standard InChI is InChI=1S/C17H16N2O2/c1-11-2-3-12(10-20)8-15(11)19-17(21)14-5-4-13-6-7-18-16(13)9-14/h2-9,18,20H,10H2,1H3,(H,19,21). The third-order valence-corrected chi connectivity index (χ3v) is 3.55. The number of anilines is 1. The number of benzene rings is 2. The van der Waals surface area contributed by atoms with Crippen molar-refractivity contribution in [1.82, 2.24) is 4.98 Å². The zero-order chi connectivity index (χ0) is 14.8. The number of carbonyl (C=O) groups is 1. The maximum absolute atomic E-state index is 12.3. The highest BCUT2D eigenvalue weighted by Crippen LogP contribution is 2.19. The smallest absolute Gasteiger partial charge is 0.255 e. The van der Waals surface area contributed by atoms with Crippen LogP contribution in [0.25, 0.3) is 10.9 Å². The van der Waals surface area contributed by atoms with Crippen molar-refractivity contribution in [2.24, 2.45) is 0 Å². The number of aliphatic hydroxyl groups excluding tert-OH is 1. The Morgan fingerprint density at radius 3 is 2.86 bits per heavy atom. The van der Waals surface area contributed by atoms with Crippen molar-refractivity contribution < 1.29 is 9.90 Å². The van der Waals surface area contributed by atoms with E-state index in [9.17, 15) is 9.90 Å². The number of aromatic nitrogens is 1. The summed E-state index contributed by atoms with van der Waals surface area (Å²) >= 11 is 0. The van der Waals surface area contributed by atoms with Crippen LogP contribution in [0.3, 0.4) is 0 Å². The third-order valence-electron chi connectivity index (χ3n) is 3.55. The van der Waals surface area contributed by atoms with E-state index in [0.29, 0.717) is 5.56 Å². The summed E-state index contributed by atoms with van der Waals surface area (Å²) < 4.78 is 0. The van der Waals surface area contributed by atoms with Gasteiger partial charge in [-0.25, -0.2) is 0 Å². The second-order valence-corrected chi connectivity index (χ2v) is 5.04. The van der Waals surface area contributed by atoms with Gasteiger partial charge in [-0.05, 0) is 47.7 Å². The minimum atomic E-state index is -0.162. The Morgan fingerprint density at radius 1 is 1.19 bits per heavy atom. The normalized spacial score (nSPS) is 10.8. The van der Waals surface area contributed by atoms with E-state index in [-0.39, 0.29) is 12.5 Å². The molecule has 1 aromatic heterocycles. The molecule has 0 fully saturated rings. The Bertz CT molecular complexity index is 805. The molecule has 1 amide bonds. The fourth-order valence-electron chi connectivity index (χ4n) is 2.29. The summed E-state index contributed by atoms with van der Waals surface area (Å²) in [6.45, 7) is 1.88. The average Bonchev–Trinajstić information content (AvgIpc) is 2.96. The fraction of sp³-hybridized carbons (Fsp3) is 0.118. The fourth-order valence-corrected chi connectivity index (χ4v) is 2.29. The molecule has 3 aromatic rings. The predicted molar refractivity (Wildman–Crippen MR) is 83.4 cm³/mol. The zero-order valence-electron chi connectivity index (χ0n) is 11.7. The van der Waals surface area contributed by atoms with Crippen LogP contribution in [0.1, 0.15) is 21.5 Å². The zero-order valence-corrected chi connectivity index (χ0v) is 11.7. The van der Waals surface area contributed by atoms with Crippen LogP contribution in [-0.4, -0.2) is 16.0 Å². The molecular formula is C17H16N2O2. The number of hydrogen-bond acceptors (Lipinski definition) is 2. The van der Waals surface area contributed by atoms with Crippen molar-refractivity contribution in [3.63, 3.8) is 0 Å². The Kier molecular flexibility index (Phi) is 3.46. The number of aliphatic hydroxyl groups is 1. The van der Waals surface area contributed by atoms with Gasteiger partial charge in [0.05, 0.1) is 6.61 Å². The molecule has 0 radical (unpaired) electrons. The first-order valence-electron chi connectivity index (χ1n) is 6.76. The van der Waals surface area contributed by atoms with E-state index in [1.54, 1.807) is 12.1 Å². The van der Waals surface area contributed by atoms with Crippen LogP contribution in [-0.2, 0) is 6.61 Å². The highest BCUT2D eigenvalue weighted by atomic mass is 16.3. The van der Waals surface area contributed by atoms with Gasteiger partial charge < -0.3 is 15.4 Å². The first-order valence-corrected chi connectivity index (χ1v) is 6.76. The van der Waals surface area contributed by atoms with Crippen molar-refractivity contribution in [1.29, 1.82) is 0 Å². The number of aromatic amines is 1. The van der Waals surface area contributed by atoms with Gasteiger partial charge in [-0.2, -0.15) is 0 Å². The molecular weight excluding hydrogens is 264 g/mol. The van der Waals surface area contributed by atoms with Crippen LogP contribution < -0.4 is 5.32 Å². The molecule has 0 spiro atoms. The second-order valence-electron chi connectivity index (χ2n) is 5.04. The molecule has 0 unspecified atom stereocenters. The summed E-state index contributed by atoms with van der Waals surface area (Å²) in [6, 6.07) is 13.0. The topological polar surface area (TPSA) is 65.1 Å². The first kappa shape index (κ1) is 13.4. The minimum absolute atomic E-state index is 0.0441. The quantitative estimate of drug-likeness (QED) is 0.689. The van der Waals surface area contributed by atoms with Gasteiger partial charge in [-0.3, -0.25) is 4.79 Å². The van der Waals surface area contributed by atoms with Crippen LogP contribution in [0.15, 0.2) is 48.7 Å². The van der Waals surface area contributed by atoms with Gasteiger partial charge in [0.1, 0.15) is 0 Å². The van der Waals surface area contributed by atoms with Crippen LogP contribution in [0, 0.1) is 6.92 Å². The van der Waals surface area contributed by atoms with E-state index < -0.39 is 0 Å².